The Morgan fingerprint density at radius 2 is 1.75 bits per heavy atom. The van der Waals surface area contributed by atoms with Gasteiger partial charge in [0.25, 0.3) is 0 Å². The Morgan fingerprint density at radius 1 is 1.20 bits per heavy atom. The zero-order valence-electron chi connectivity index (χ0n) is 10.7. The Hall–Kier alpha value is -0.360. The third-order valence-electron chi connectivity index (χ3n) is 2.28. The molecule has 0 aromatic heterocycles. The van der Waals surface area contributed by atoms with Gasteiger partial charge in [-0.05, 0) is 17.7 Å². The van der Waals surface area contributed by atoms with Crippen molar-refractivity contribution in [1.29, 1.82) is 0 Å². The average Bonchev–Trinajstić information content (AvgIpc) is 2.37. The third kappa shape index (κ3) is 5.56. The van der Waals surface area contributed by atoms with Gasteiger partial charge in [-0.25, -0.2) is 0 Å². The summed E-state index contributed by atoms with van der Waals surface area (Å²) >= 11 is 19.9. The van der Waals surface area contributed by atoms with E-state index in [0.717, 1.165) is 0 Å². The standard InChI is InChI=1S/C12H12BrCl3O4/c1-18-9-3-7(8(13)5-10(9)19-2)4-11(17)20-6-12(14,15)16/h3,5H,4,6H2,1-2H3. The van der Waals surface area contributed by atoms with E-state index in [9.17, 15) is 4.79 Å². The smallest absolute Gasteiger partial charge is 0.310 e. The molecular formula is C12H12BrCl3O4. The van der Waals surface area contributed by atoms with Crippen molar-refractivity contribution in [3.05, 3.63) is 22.2 Å². The molecule has 0 bridgehead atoms. The van der Waals surface area contributed by atoms with Crippen LogP contribution in [0.15, 0.2) is 16.6 Å². The first-order valence-electron chi connectivity index (χ1n) is 5.39. The number of benzene rings is 1. The minimum Gasteiger partial charge on any atom is -0.493 e. The molecule has 8 heteroatoms. The molecule has 0 aliphatic rings. The van der Waals surface area contributed by atoms with E-state index in [1.807, 2.05) is 0 Å². The molecule has 112 valence electrons. The summed E-state index contributed by atoms with van der Waals surface area (Å²) in [6, 6.07) is 3.38. The molecule has 0 heterocycles. The lowest BCUT2D eigenvalue weighted by Gasteiger charge is -2.13. The molecule has 0 amide bonds. The normalized spacial score (nSPS) is 11.1. The van der Waals surface area contributed by atoms with Crippen LogP contribution in [-0.4, -0.2) is 30.6 Å². The lowest BCUT2D eigenvalue weighted by atomic mass is 10.1. The summed E-state index contributed by atoms with van der Waals surface area (Å²) < 4.78 is 14.3. The molecule has 0 unspecified atom stereocenters. The first-order chi connectivity index (χ1) is 9.26. The summed E-state index contributed by atoms with van der Waals surface area (Å²) in [5.74, 6) is 0.557. The minimum atomic E-state index is -1.62. The lowest BCUT2D eigenvalue weighted by Crippen LogP contribution is -2.18. The molecule has 1 aromatic rings. The van der Waals surface area contributed by atoms with Gasteiger partial charge in [-0.2, -0.15) is 0 Å². The van der Waals surface area contributed by atoms with Gasteiger partial charge < -0.3 is 14.2 Å². The van der Waals surface area contributed by atoms with Gasteiger partial charge in [0, 0.05) is 4.47 Å². The predicted octanol–water partition coefficient (Wildman–Crippen LogP) is 3.92. The van der Waals surface area contributed by atoms with E-state index in [1.165, 1.54) is 14.2 Å². The largest absolute Gasteiger partial charge is 0.493 e. The zero-order chi connectivity index (χ0) is 15.3. The van der Waals surface area contributed by atoms with Crippen LogP contribution in [0.5, 0.6) is 11.5 Å². The SMILES string of the molecule is COc1cc(Br)c(CC(=O)OCC(Cl)(Cl)Cl)cc1OC. The highest BCUT2D eigenvalue weighted by Gasteiger charge is 2.22. The molecule has 0 fully saturated rings. The topological polar surface area (TPSA) is 44.8 Å². The fourth-order valence-corrected chi connectivity index (χ4v) is 2.03. The maximum atomic E-state index is 11.7. The maximum Gasteiger partial charge on any atom is 0.310 e. The molecule has 0 N–H and O–H groups in total. The van der Waals surface area contributed by atoms with Gasteiger partial charge in [0.15, 0.2) is 11.5 Å². The number of hydrogen-bond acceptors (Lipinski definition) is 4. The van der Waals surface area contributed by atoms with E-state index in [0.29, 0.717) is 21.5 Å². The zero-order valence-corrected chi connectivity index (χ0v) is 14.6. The van der Waals surface area contributed by atoms with Gasteiger partial charge in [-0.15, -0.1) is 0 Å². The van der Waals surface area contributed by atoms with Crippen molar-refractivity contribution in [2.45, 2.75) is 10.2 Å². The number of carbonyl (C=O) groups is 1. The molecular weight excluding hydrogens is 394 g/mol. The van der Waals surface area contributed by atoms with Gasteiger partial charge in [0.1, 0.15) is 6.61 Å². The molecule has 0 saturated carbocycles. The number of hydrogen-bond donors (Lipinski definition) is 0. The van der Waals surface area contributed by atoms with Crippen molar-refractivity contribution in [1.82, 2.24) is 0 Å². The summed E-state index contributed by atoms with van der Waals surface area (Å²) in [6.45, 7) is -0.304. The minimum absolute atomic E-state index is 0.0156. The van der Waals surface area contributed by atoms with Gasteiger partial charge in [0.2, 0.25) is 3.79 Å². The molecule has 0 spiro atoms. The van der Waals surface area contributed by atoms with Crippen LogP contribution in [0.3, 0.4) is 0 Å². The molecule has 4 nitrogen and oxygen atoms in total. The van der Waals surface area contributed by atoms with Crippen LogP contribution < -0.4 is 9.47 Å². The predicted molar refractivity (Wildman–Crippen MR) is 82.2 cm³/mol. The number of carbonyl (C=O) groups excluding carboxylic acids is 1. The Morgan fingerprint density at radius 3 is 2.25 bits per heavy atom. The average molecular weight is 406 g/mol. The summed E-state index contributed by atoms with van der Waals surface area (Å²) in [7, 11) is 3.04. The maximum absolute atomic E-state index is 11.7. The fourth-order valence-electron chi connectivity index (χ4n) is 1.40. The van der Waals surface area contributed by atoms with Crippen LogP contribution in [0.2, 0.25) is 0 Å². The van der Waals surface area contributed by atoms with Crippen LogP contribution in [0.25, 0.3) is 0 Å². The summed E-state index contributed by atoms with van der Waals surface area (Å²) in [5.41, 5.74) is 0.678. The number of esters is 1. The molecule has 0 aliphatic heterocycles. The van der Waals surface area contributed by atoms with Crippen molar-refractivity contribution in [3.63, 3.8) is 0 Å². The van der Waals surface area contributed by atoms with E-state index < -0.39 is 9.76 Å². The first-order valence-corrected chi connectivity index (χ1v) is 7.32. The molecule has 0 radical (unpaired) electrons. The number of halogens is 4. The van der Waals surface area contributed by atoms with E-state index in [1.54, 1.807) is 12.1 Å². The van der Waals surface area contributed by atoms with Gasteiger partial charge >= 0.3 is 5.97 Å². The molecule has 1 aromatic carbocycles. The molecule has 0 atom stereocenters. The van der Waals surface area contributed by atoms with Crippen molar-refractivity contribution in [2.75, 3.05) is 20.8 Å². The highest BCUT2D eigenvalue weighted by Crippen LogP contribution is 2.33. The van der Waals surface area contributed by atoms with Crippen LogP contribution in [-0.2, 0) is 16.0 Å². The van der Waals surface area contributed by atoms with Crippen LogP contribution in [0, 0.1) is 0 Å². The molecule has 0 aliphatic carbocycles. The second kappa shape index (κ2) is 7.59. The summed E-state index contributed by atoms with van der Waals surface area (Å²) in [5, 5.41) is 0. The summed E-state index contributed by atoms with van der Waals surface area (Å²) in [4.78, 5) is 11.7. The molecule has 0 saturated heterocycles. The quantitative estimate of drug-likeness (QED) is 0.549. The van der Waals surface area contributed by atoms with Crippen molar-refractivity contribution in [3.8, 4) is 11.5 Å². The van der Waals surface area contributed by atoms with Gasteiger partial charge in [-0.1, -0.05) is 50.7 Å². The molecule has 20 heavy (non-hydrogen) atoms. The Kier molecular flexibility index (Phi) is 6.72. The Balaban J connectivity index is 2.79. The Labute approximate surface area is 140 Å². The van der Waals surface area contributed by atoms with E-state index >= 15 is 0 Å². The first kappa shape index (κ1) is 17.7. The lowest BCUT2D eigenvalue weighted by molar-refractivity contribution is -0.142. The van der Waals surface area contributed by atoms with Crippen LogP contribution in [0.4, 0.5) is 0 Å². The molecule has 1 rings (SSSR count). The van der Waals surface area contributed by atoms with Gasteiger partial charge in [-0.3, -0.25) is 4.79 Å². The summed E-state index contributed by atoms with van der Waals surface area (Å²) in [6.07, 6.45) is 0.0156. The van der Waals surface area contributed by atoms with Crippen molar-refractivity contribution < 1.29 is 19.0 Å². The number of rotatable bonds is 5. The van der Waals surface area contributed by atoms with Crippen molar-refractivity contribution >= 4 is 56.7 Å². The Bertz CT molecular complexity index is 488. The fraction of sp³-hybridized carbons (Fsp3) is 0.417. The number of alkyl halides is 3. The third-order valence-corrected chi connectivity index (χ3v) is 3.35. The van der Waals surface area contributed by atoms with Crippen LogP contribution >= 0.6 is 50.7 Å². The number of ether oxygens (including phenoxy) is 3. The van der Waals surface area contributed by atoms with E-state index in [-0.39, 0.29) is 13.0 Å². The van der Waals surface area contributed by atoms with Gasteiger partial charge in [0.05, 0.1) is 20.6 Å². The second-order valence-electron chi connectivity index (χ2n) is 3.75. The van der Waals surface area contributed by atoms with E-state index in [4.69, 9.17) is 49.0 Å². The number of methoxy groups -OCH3 is 2. The van der Waals surface area contributed by atoms with Crippen molar-refractivity contribution in [2.24, 2.45) is 0 Å². The highest BCUT2D eigenvalue weighted by molar-refractivity contribution is 9.10. The van der Waals surface area contributed by atoms with Crippen LogP contribution in [0.1, 0.15) is 5.56 Å². The monoisotopic (exact) mass is 404 g/mol. The van der Waals surface area contributed by atoms with E-state index in [2.05, 4.69) is 15.9 Å². The highest BCUT2D eigenvalue weighted by atomic mass is 79.9. The second-order valence-corrected chi connectivity index (χ2v) is 7.12.